The van der Waals surface area contributed by atoms with Crippen LogP contribution < -0.4 is 5.32 Å². The summed E-state index contributed by atoms with van der Waals surface area (Å²) in [5, 5.41) is 20.9. The number of pyridine rings is 1. The molecule has 0 bridgehead atoms. The highest BCUT2D eigenvalue weighted by Gasteiger charge is 2.31. The fourth-order valence-electron chi connectivity index (χ4n) is 2.92. The van der Waals surface area contributed by atoms with Gasteiger partial charge in [0.15, 0.2) is 5.65 Å². The van der Waals surface area contributed by atoms with E-state index in [1.807, 2.05) is 24.3 Å². The molecule has 0 saturated heterocycles. The number of hydrogen-bond donors (Lipinski definition) is 2. The van der Waals surface area contributed by atoms with Crippen LogP contribution >= 0.6 is 0 Å². The van der Waals surface area contributed by atoms with E-state index in [9.17, 15) is 9.90 Å². The largest absolute Gasteiger partial charge is 0.386 e. The Morgan fingerprint density at radius 3 is 3.00 bits per heavy atom. The van der Waals surface area contributed by atoms with E-state index in [1.165, 1.54) is 0 Å². The third-order valence-corrected chi connectivity index (χ3v) is 4.06. The van der Waals surface area contributed by atoms with Crippen molar-refractivity contribution in [3.8, 4) is 0 Å². The van der Waals surface area contributed by atoms with Gasteiger partial charge in [0.2, 0.25) is 0 Å². The fourth-order valence-corrected chi connectivity index (χ4v) is 2.92. The van der Waals surface area contributed by atoms with Crippen molar-refractivity contribution in [2.45, 2.75) is 18.6 Å². The predicted octanol–water partition coefficient (Wildman–Crippen LogP) is 1.12. The molecule has 0 unspecified atom stereocenters. The van der Waals surface area contributed by atoms with Crippen molar-refractivity contribution < 1.29 is 9.90 Å². The normalized spacial score (nSPS) is 20.0. The molecular formula is C16H14N4O2. The van der Waals surface area contributed by atoms with Gasteiger partial charge in [0, 0.05) is 6.20 Å². The van der Waals surface area contributed by atoms with Gasteiger partial charge in [-0.2, -0.15) is 0 Å². The molecule has 3 aromatic rings. The third-order valence-electron chi connectivity index (χ3n) is 4.06. The molecular weight excluding hydrogens is 280 g/mol. The van der Waals surface area contributed by atoms with E-state index in [2.05, 4.69) is 15.5 Å². The third kappa shape index (κ3) is 2.05. The Labute approximate surface area is 126 Å². The van der Waals surface area contributed by atoms with E-state index >= 15 is 0 Å². The average molecular weight is 294 g/mol. The van der Waals surface area contributed by atoms with E-state index in [1.54, 1.807) is 29.1 Å². The minimum atomic E-state index is -0.668. The Morgan fingerprint density at radius 2 is 2.14 bits per heavy atom. The van der Waals surface area contributed by atoms with Crippen LogP contribution in [0.25, 0.3) is 5.65 Å². The van der Waals surface area contributed by atoms with E-state index < -0.39 is 6.10 Å². The average Bonchev–Trinajstić information content (AvgIpc) is 3.12. The van der Waals surface area contributed by atoms with E-state index in [0.717, 1.165) is 11.1 Å². The summed E-state index contributed by atoms with van der Waals surface area (Å²) in [5.41, 5.74) is 3.16. The molecule has 0 saturated carbocycles. The number of hydrogen-bond acceptors (Lipinski definition) is 4. The van der Waals surface area contributed by atoms with Gasteiger partial charge in [0.05, 0.1) is 17.7 Å². The van der Waals surface area contributed by atoms with Crippen LogP contribution in [0.4, 0.5) is 0 Å². The zero-order chi connectivity index (χ0) is 15.1. The number of aromatic nitrogens is 3. The highest BCUT2D eigenvalue weighted by molar-refractivity contribution is 5.94. The van der Waals surface area contributed by atoms with E-state index in [-0.39, 0.29) is 11.9 Å². The van der Waals surface area contributed by atoms with E-state index in [0.29, 0.717) is 17.6 Å². The predicted molar refractivity (Wildman–Crippen MR) is 79.3 cm³/mol. The molecule has 1 aliphatic carbocycles. The molecule has 0 radical (unpaired) electrons. The molecule has 1 amide bonds. The summed E-state index contributed by atoms with van der Waals surface area (Å²) in [7, 11) is 0. The number of rotatable bonds is 2. The standard InChI is InChI=1S/C16H14N4O2/c21-15-12-4-2-1-3-10(12)7-13(15)18-16(22)11-5-6-14-19-17-9-20(14)8-11/h1-6,8-9,13,15,21H,7H2,(H,18,22)/t13-,15-/m0/s1. The highest BCUT2D eigenvalue weighted by Crippen LogP contribution is 2.31. The quantitative estimate of drug-likeness (QED) is 0.742. The zero-order valence-electron chi connectivity index (χ0n) is 11.7. The van der Waals surface area contributed by atoms with Gasteiger partial charge in [-0.3, -0.25) is 9.20 Å². The van der Waals surface area contributed by atoms with Crippen molar-refractivity contribution >= 4 is 11.6 Å². The SMILES string of the molecule is O=C(N[C@H]1Cc2ccccc2[C@@H]1O)c1ccc2nncn2c1. The second-order valence-electron chi connectivity index (χ2n) is 5.44. The van der Waals surface area contributed by atoms with Gasteiger partial charge in [0.1, 0.15) is 6.33 Å². The molecule has 22 heavy (non-hydrogen) atoms. The van der Waals surface area contributed by atoms with Crippen LogP contribution in [-0.2, 0) is 6.42 Å². The molecule has 2 heterocycles. The first kappa shape index (κ1) is 13.0. The van der Waals surface area contributed by atoms with Crippen molar-refractivity contribution in [3.05, 3.63) is 65.6 Å². The number of carbonyl (C=O) groups excluding carboxylic acids is 1. The smallest absolute Gasteiger partial charge is 0.253 e. The fraction of sp³-hybridized carbons (Fsp3) is 0.188. The number of nitrogens with one attached hydrogen (secondary N) is 1. The van der Waals surface area contributed by atoms with Gasteiger partial charge in [-0.05, 0) is 29.7 Å². The zero-order valence-corrected chi connectivity index (χ0v) is 11.7. The number of nitrogens with zero attached hydrogens (tertiary/aromatic N) is 3. The van der Waals surface area contributed by atoms with Crippen LogP contribution in [0, 0.1) is 0 Å². The van der Waals surface area contributed by atoms with Crippen LogP contribution in [0.2, 0.25) is 0 Å². The van der Waals surface area contributed by atoms with Gasteiger partial charge in [-0.25, -0.2) is 0 Å². The number of aliphatic hydroxyl groups excluding tert-OH is 1. The number of aliphatic hydroxyl groups is 1. The van der Waals surface area contributed by atoms with Crippen LogP contribution in [0.5, 0.6) is 0 Å². The van der Waals surface area contributed by atoms with Crippen LogP contribution in [0.15, 0.2) is 48.9 Å². The highest BCUT2D eigenvalue weighted by atomic mass is 16.3. The maximum atomic E-state index is 12.4. The summed E-state index contributed by atoms with van der Waals surface area (Å²) in [6.07, 6.45) is 3.20. The van der Waals surface area contributed by atoms with Crippen molar-refractivity contribution in [1.82, 2.24) is 19.9 Å². The Morgan fingerprint density at radius 1 is 1.27 bits per heavy atom. The van der Waals surface area contributed by atoms with Gasteiger partial charge < -0.3 is 10.4 Å². The van der Waals surface area contributed by atoms with Crippen molar-refractivity contribution in [2.24, 2.45) is 0 Å². The minimum Gasteiger partial charge on any atom is -0.386 e. The molecule has 110 valence electrons. The molecule has 4 rings (SSSR count). The van der Waals surface area contributed by atoms with Gasteiger partial charge in [-0.1, -0.05) is 24.3 Å². The molecule has 6 nitrogen and oxygen atoms in total. The topological polar surface area (TPSA) is 79.5 Å². The van der Waals surface area contributed by atoms with E-state index in [4.69, 9.17) is 0 Å². The van der Waals surface area contributed by atoms with Gasteiger partial charge in [0.25, 0.3) is 5.91 Å². The molecule has 2 N–H and O–H groups in total. The van der Waals surface area contributed by atoms with Gasteiger partial charge in [-0.15, -0.1) is 10.2 Å². The first-order valence-corrected chi connectivity index (χ1v) is 7.08. The second kappa shape index (κ2) is 4.92. The molecule has 0 aliphatic heterocycles. The lowest BCUT2D eigenvalue weighted by Gasteiger charge is -2.17. The summed E-state index contributed by atoms with van der Waals surface area (Å²) in [6.45, 7) is 0. The number of amides is 1. The monoisotopic (exact) mass is 294 g/mol. The molecule has 2 aromatic heterocycles. The van der Waals surface area contributed by atoms with Crippen LogP contribution in [0.3, 0.4) is 0 Å². The lowest BCUT2D eigenvalue weighted by atomic mass is 10.1. The first-order chi connectivity index (χ1) is 10.7. The lowest BCUT2D eigenvalue weighted by Crippen LogP contribution is -2.37. The summed E-state index contributed by atoms with van der Waals surface area (Å²) in [6, 6.07) is 10.8. The molecule has 2 atom stereocenters. The molecule has 0 fully saturated rings. The first-order valence-electron chi connectivity index (χ1n) is 7.08. The van der Waals surface area contributed by atoms with Crippen molar-refractivity contribution in [3.63, 3.8) is 0 Å². The maximum Gasteiger partial charge on any atom is 0.253 e. The van der Waals surface area contributed by atoms with Crippen molar-refractivity contribution in [1.29, 1.82) is 0 Å². The molecule has 1 aliphatic rings. The summed E-state index contributed by atoms with van der Waals surface area (Å²) in [5.74, 6) is -0.215. The minimum absolute atomic E-state index is 0.215. The summed E-state index contributed by atoms with van der Waals surface area (Å²) in [4.78, 5) is 12.4. The summed E-state index contributed by atoms with van der Waals surface area (Å²) < 4.78 is 1.69. The Balaban J connectivity index is 1.55. The Kier molecular flexibility index (Phi) is 2.90. The van der Waals surface area contributed by atoms with Gasteiger partial charge >= 0.3 is 0 Å². The van der Waals surface area contributed by atoms with Crippen molar-refractivity contribution in [2.75, 3.05) is 0 Å². The number of benzene rings is 1. The Bertz CT molecular complexity index is 858. The van der Waals surface area contributed by atoms with Crippen LogP contribution in [-0.4, -0.2) is 31.7 Å². The maximum absolute atomic E-state index is 12.4. The number of fused-ring (bicyclic) bond motifs is 2. The van der Waals surface area contributed by atoms with Crippen LogP contribution in [0.1, 0.15) is 27.6 Å². The summed E-state index contributed by atoms with van der Waals surface area (Å²) >= 11 is 0. The molecule has 6 heteroatoms. The second-order valence-corrected chi connectivity index (χ2v) is 5.44. The Hall–Kier alpha value is -2.73. The lowest BCUT2D eigenvalue weighted by molar-refractivity contribution is 0.0858. The molecule has 1 aromatic carbocycles. The number of carbonyl (C=O) groups is 1. The molecule has 0 spiro atoms.